The van der Waals surface area contributed by atoms with Gasteiger partial charge in [0.05, 0.1) is 0 Å². The third-order valence-corrected chi connectivity index (χ3v) is 13.3. The minimum atomic E-state index is -0.776. The predicted octanol–water partition coefficient (Wildman–Crippen LogP) is 20.4. The molecule has 0 aromatic carbocycles. The van der Waals surface area contributed by atoms with E-state index in [1.165, 1.54) is 186 Å². The van der Waals surface area contributed by atoms with Crippen molar-refractivity contribution in [3.63, 3.8) is 0 Å². The molecule has 0 rings (SSSR count). The molecular formula is C64H114O6. The minimum absolute atomic E-state index is 0.0739. The van der Waals surface area contributed by atoms with Crippen LogP contribution in [0, 0.1) is 0 Å². The van der Waals surface area contributed by atoms with Crippen molar-refractivity contribution in [3.05, 3.63) is 60.8 Å². The van der Waals surface area contributed by atoms with Crippen LogP contribution in [-0.2, 0) is 28.6 Å². The number of ether oxygens (including phenoxy) is 3. The first-order chi connectivity index (χ1) is 34.5. The molecule has 0 spiro atoms. The normalized spacial score (nSPS) is 12.4. The molecule has 0 radical (unpaired) electrons. The fourth-order valence-electron chi connectivity index (χ4n) is 8.72. The first-order valence-electron chi connectivity index (χ1n) is 30.3. The topological polar surface area (TPSA) is 78.9 Å². The summed E-state index contributed by atoms with van der Waals surface area (Å²) in [7, 11) is 0. The smallest absolute Gasteiger partial charge is 0.306 e. The van der Waals surface area contributed by atoms with Crippen LogP contribution in [0.3, 0.4) is 0 Å². The van der Waals surface area contributed by atoms with E-state index < -0.39 is 6.10 Å². The monoisotopic (exact) mass is 979 g/mol. The molecule has 0 aliphatic rings. The summed E-state index contributed by atoms with van der Waals surface area (Å²) in [4.78, 5) is 38.2. The highest BCUT2D eigenvalue weighted by molar-refractivity contribution is 5.71. The number of unbranched alkanes of at least 4 members (excludes halogenated alkanes) is 34. The van der Waals surface area contributed by atoms with E-state index in [0.29, 0.717) is 19.3 Å². The Labute approximate surface area is 434 Å². The number of hydrogen-bond acceptors (Lipinski definition) is 6. The van der Waals surface area contributed by atoms with E-state index in [1.807, 2.05) is 0 Å². The lowest BCUT2D eigenvalue weighted by molar-refractivity contribution is -0.167. The Bertz CT molecular complexity index is 1260. The molecule has 406 valence electrons. The molecule has 0 aliphatic heterocycles. The lowest BCUT2D eigenvalue weighted by atomic mass is 10.1. The van der Waals surface area contributed by atoms with Gasteiger partial charge in [-0.15, -0.1) is 0 Å². The molecule has 0 saturated heterocycles. The van der Waals surface area contributed by atoms with Crippen LogP contribution < -0.4 is 0 Å². The molecule has 1 atom stereocenters. The highest BCUT2D eigenvalue weighted by atomic mass is 16.6. The number of allylic oxidation sites excluding steroid dienone is 10. The van der Waals surface area contributed by atoms with Crippen molar-refractivity contribution in [1.29, 1.82) is 0 Å². The quantitative estimate of drug-likeness (QED) is 0.0261. The number of esters is 3. The molecule has 0 aromatic heterocycles. The van der Waals surface area contributed by atoms with Crippen LogP contribution in [0.5, 0.6) is 0 Å². The summed E-state index contributed by atoms with van der Waals surface area (Å²) in [6, 6.07) is 0. The van der Waals surface area contributed by atoms with Crippen LogP contribution in [0.4, 0.5) is 0 Å². The average molecular weight is 980 g/mol. The van der Waals surface area contributed by atoms with Gasteiger partial charge in [0.15, 0.2) is 6.10 Å². The SMILES string of the molecule is CC/C=C\C/C=C\C/C=C\C/C=C\CCCCCCCCCCCCC(=O)OCC(COC(=O)CCCCCCCCCCCCC)OC(=O)CCCCCCCCC/C=C\CCCCCCCCC. The van der Waals surface area contributed by atoms with E-state index in [0.717, 1.165) is 83.5 Å². The maximum absolute atomic E-state index is 12.9. The molecule has 0 aliphatic carbocycles. The summed E-state index contributed by atoms with van der Waals surface area (Å²) in [5.74, 6) is -0.869. The standard InChI is InChI=1S/C64H114O6/c1-4-7-10-13-16-19-22-24-26-28-30-31-32-33-34-36-37-39-42-45-48-51-54-57-63(66)69-60-61(59-68-62(65)56-53-50-47-44-41-21-18-15-12-9-6-3)70-64(67)58-55-52-49-46-43-40-38-35-29-27-25-23-20-17-14-11-8-5-2/h7,10,16,19,24,26-27,29-31,61H,4-6,8-9,11-15,17-18,20-23,25,28,32-60H2,1-3H3/b10-7-,19-16-,26-24-,29-27-,31-30-. The van der Waals surface area contributed by atoms with Gasteiger partial charge in [0.2, 0.25) is 0 Å². The van der Waals surface area contributed by atoms with Crippen LogP contribution in [0.25, 0.3) is 0 Å². The molecule has 0 fully saturated rings. The third kappa shape index (κ3) is 56.0. The third-order valence-electron chi connectivity index (χ3n) is 13.3. The summed E-state index contributed by atoms with van der Waals surface area (Å²) >= 11 is 0. The van der Waals surface area contributed by atoms with Gasteiger partial charge in [-0.3, -0.25) is 14.4 Å². The highest BCUT2D eigenvalue weighted by Gasteiger charge is 2.19. The van der Waals surface area contributed by atoms with Gasteiger partial charge >= 0.3 is 17.9 Å². The second-order valence-corrected chi connectivity index (χ2v) is 20.2. The Morgan fingerprint density at radius 1 is 0.300 bits per heavy atom. The molecule has 0 aromatic rings. The van der Waals surface area contributed by atoms with Crippen molar-refractivity contribution in [3.8, 4) is 0 Å². The van der Waals surface area contributed by atoms with E-state index in [2.05, 4.69) is 81.5 Å². The van der Waals surface area contributed by atoms with Gasteiger partial charge in [-0.2, -0.15) is 0 Å². The summed E-state index contributed by atoms with van der Waals surface area (Å²) < 4.78 is 16.9. The van der Waals surface area contributed by atoms with Crippen LogP contribution in [0.15, 0.2) is 60.8 Å². The van der Waals surface area contributed by atoms with Crippen molar-refractivity contribution in [2.75, 3.05) is 13.2 Å². The van der Waals surface area contributed by atoms with Gasteiger partial charge in [-0.05, 0) is 83.5 Å². The maximum Gasteiger partial charge on any atom is 0.306 e. The van der Waals surface area contributed by atoms with Crippen molar-refractivity contribution < 1.29 is 28.6 Å². The zero-order valence-corrected chi connectivity index (χ0v) is 46.5. The Hall–Kier alpha value is -2.89. The Morgan fingerprint density at radius 3 is 0.886 bits per heavy atom. The molecule has 0 bridgehead atoms. The second kappa shape index (κ2) is 58.7. The fraction of sp³-hybridized carbons (Fsp3) is 0.797. The fourth-order valence-corrected chi connectivity index (χ4v) is 8.72. The minimum Gasteiger partial charge on any atom is -0.462 e. The van der Waals surface area contributed by atoms with Gasteiger partial charge in [-0.25, -0.2) is 0 Å². The van der Waals surface area contributed by atoms with Crippen molar-refractivity contribution >= 4 is 17.9 Å². The van der Waals surface area contributed by atoms with Gasteiger partial charge < -0.3 is 14.2 Å². The summed E-state index contributed by atoms with van der Waals surface area (Å²) in [5, 5.41) is 0. The number of carbonyl (C=O) groups excluding carboxylic acids is 3. The van der Waals surface area contributed by atoms with Gasteiger partial charge in [0.25, 0.3) is 0 Å². The van der Waals surface area contributed by atoms with Crippen LogP contribution in [0.1, 0.15) is 310 Å². The van der Waals surface area contributed by atoms with E-state index in [9.17, 15) is 14.4 Å². The Balaban J connectivity index is 4.29. The van der Waals surface area contributed by atoms with Gasteiger partial charge in [0, 0.05) is 19.3 Å². The average Bonchev–Trinajstić information content (AvgIpc) is 3.36. The zero-order valence-electron chi connectivity index (χ0n) is 46.5. The maximum atomic E-state index is 12.9. The largest absolute Gasteiger partial charge is 0.462 e. The summed E-state index contributed by atoms with van der Waals surface area (Å²) in [5.41, 5.74) is 0. The molecular weight excluding hydrogens is 865 g/mol. The van der Waals surface area contributed by atoms with Gasteiger partial charge in [-0.1, -0.05) is 268 Å². The summed E-state index contributed by atoms with van der Waals surface area (Å²) in [6.07, 6.45) is 73.6. The number of rotatable bonds is 55. The van der Waals surface area contributed by atoms with Gasteiger partial charge in [0.1, 0.15) is 13.2 Å². The second-order valence-electron chi connectivity index (χ2n) is 20.2. The van der Waals surface area contributed by atoms with Crippen LogP contribution >= 0.6 is 0 Å². The number of carbonyl (C=O) groups is 3. The molecule has 1 unspecified atom stereocenters. The van der Waals surface area contributed by atoms with Crippen molar-refractivity contribution in [2.45, 2.75) is 316 Å². The molecule has 0 saturated carbocycles. The van der Waals surface area contributed by atoms with Crippen molar-refractivity contribution in [1.82, 2.24) is 0 Å². The highest BCUT2D eigenvalue weighted by Crippen LogP contribution is 2.16. The molecule has 6 heteroatoms. The lowest BCUT2D eigenvalue weighted by Crippen LogP contribution is -2.30. The Morgan fingerprint density at radius 2 is 0.557 bits per heavy atom. The molecule has 6 nitrogen and oxygen atoms in total. The molecule has 0 amide bonds. The number of hydrogen-bond donors (Lipinski definition) is 0. The predicted molar refractivity (Wildman–Crippen MR) is 302 cm³/mol. The Kier molecular flexibility index (Phi) is 56.3. The van der Waals surface area contributed by atoms with E-state index >= 15 is 0 Å². The molecule has 0 heterocycles. The molecule has 70 heavy (non-hydrogen) atoms. The first kappa shape index (κ1) is 67.1. The summed E-state index contributed by atoms with van der Waals surface area (Å²) in [6.45, 7) is 6.55. The van der Waals surface area contributed by atoms with Crippen LogP contribution in [0.2, 0.25) is 0 Å². The van der Waals surface area contributed by atoms with Crippen LogP contribution in [-0.4, -0.2) is 37.2 Å². The zero-order chi connectivity index (χ0) is 50.7. The van der Waals surface area contributed by atoms with E-state index in [1.54, 1.807) is 0 Å². The van der Waals surface area contributed by atoms with E-state index in [-0.39, 0.29) is 31.1 Å². The van der Waals surface area contributed by atoms with Crippen molar-refractivity contribution in [2.24, 2.45) is 0 Å². The first-order valence-corrected chi connectivity index (χ1v) is 30.3. The molecule has 0 N–H and O–H groups in total. The van der Waals surface area contributed by atoms with E-state index in [4.69, 9.17) is 14.2 Å². The lowest BCUT2D eigenvalue weighted by Gasteiger charge is -2.18.